The van der Waals surface area contributed by atoms with E-state index >= 15 is 0 Å². The van der Waals surface area contributed by atoms with Crippen LogP contribution in [0.1, 0.15) is 11.1 Å². The van der Waals surface area contributed by atoms with Gasteiger partial charge < -0.3 is 0 Å². The molecular weight excluding hydrogens is 419 g/mol. The summed E-state index contributed by atoms with van der Waals surface area (Å²) >= 11 is 0.691. The van der Waals surface area contributed by atoms with Crippen molar-refractivity contribution in [3.63, 3.8) is 0 Å². The van der Waals surface area contributed by atoms with E-state index in [0.717, 1.165) is 20.4 Å². The first-order valence-corrected chi connectivity index (χ1v) is 11.3. The molecule has 4 rings (SSSR count). The van der Waals surface area contributed by atoms with Crippen molar-refractivity contribution in [2.24, 2.45) is 0 Å². The monoisotopic (exact) mass is 435 g/mol. The highest BCUT2D eigenvalue weighted by Crippen LogP contribution is 2.32. The van der Waals surface area contributed by atoms with Crippen molar-refractivity contribution in [3.8, 4) is 16.6 Å². The second kappa shape index (κ2) is 8.24. The topological polar surface area (TPSA) is 85.2 Å². The molecule has 0 bridgehead atoms. The molecule has 0 aliphatic carbocycles. The minimum Gasteiger partial charge on any atom is -0.300 e. The highest BCUT2D eigenvalue weighted by Gasteiger charge is 2.18. The van der Waals surface area contributed by atoms with Gasteiger partial charge in [-0.05, 0) is 42.5 Å². The molecule has 0 radical (unpaired) electrons. The molecule has 148 valence electrons. The van der Waals surface area contributed by atoms with Gasteiger partial charge in [-0.2, -0.15) is 9.81 Å². The zero-order valence-corrected chi connectivity index (χ0v) is 17.5. The van der Waals surface area contributed by atoms with E-state index in [9.17, 15) is 14.2 Å². The fraction of sp³-hybridized carbons (Fsp3) is 0.0455. The van der Waals surface area contributed by atoms with Crippen LogP contribution in [0.25, 0.3) is 21.8 Å². The molecule has 0 aliphatic rings. The molecule has 0 spiro atoms. The summed E-state index contributed by atoms with van der Waals surface area (Å²) in [6.07, 6.45) is 6.67. The summed E-state index contributed by atoms with van der Waals surface area (Å²) in [6.45, 7) is 0. The van der Waals surface area contributed by atoms with Gasteiger partial charge in [-0.1, -0.05) is 11.3 Å². The number of halogens is 1. The van der Waals surface area contributed by atoms with Gasteiger partial charge in [0.25, 0.3) is 0 Å². The maximum atomic E-state index is 13.3. The summed E-state index contributed by atoms with van der Waals surface area (Å²) < 4.78 is 25.9. The lowest BCUT2D eigenvalue weighted by Gasteiger charge is -2.10. The number of aromatic nitrogens is 2. The maximum Gasteiger partial charge on any atom is 0.243 e. The van der Waals surface area contributed by atoms with Crippen LogP contribution in [-0.4, -0.2) is 25.9 Å². The Morgan fingerprint density at radius 2 is 1.93 bits per heavy atom. The summed E-state index contributed by atoms with van der Waals surface area (Å²) in [5, 5.41) is 17.8. The zero-order valence-electron chi connectivity index (χ0n) is 15.8. The number of nitriles is 1. The van der Waals surface area contributed by atoms with Crippen LogP contribution in [0.5, 0.6) is 0 Å². The second-order valence-corrected chi connectivity index (χ2v) is 9.19. The first-order valence-electron chi connectivity index (χ1n) is 8.85. The third-order valence-electron chi connectivity index (χ3n) is 4.55. The zero-order chi connectivity index (χ0) is 21.3. The minimum absolute atomic E-state index is 0.131. The fourth-order valence-electron chi connectivity index (χ4n) is 3.08. The normalized spacial score (nSPS) is 12.7. The number of imidazole rings is 1. The van der Waals surface area contributed by atoms with E-state index in [1.807, 2.05) is 40.9 Å². The quantitative estimate of drug-likeness (QED) is 0.255. The summed E-state index contributed by atoms with van der Waals surface area (Å²) in [5.41, 5.74) is 3.34. The van der Waals surface area contributed by atoms with E-state index in [-0.39, 0.29) is 11.5 Å². The summed E-state index contributed by atoms with van der Waals surface area (Å²) in [6, 6.07) is 15.1. The predicted octanol–water partition coefficient (Wildman–Crippen LogP) is 5.26. The average molecular weight is 436 g/mol. The lowest BCUT2D eigenvalue weighted by atomic mass is 9.97. The van der Waals surface area contributed by atoms with Crippen molar-refractivity contribution in [1.82, 2.24) is 9.38 Å². The Kier molecular flexibility index (Phi) is 5.50. The van der Waals surface area contributed by atoms with Crippen molar-refractivity contribution < 1.29 is 8.94 Å². The van der Waals surface area contributed by atoms with E-state index in [0.29, 0.717) is 16.7 Å². The number of nitrogens with one attached hydrogen (secondary N) is 1. The van der Waals surface area contributed by atoms with Gasteiger partial charge in [-0.15, -0.1) is 0 Å². The molecule has 1 aromatic carbocycles. The number of nitrogens with zero attached hydrogens (tertiary/aromatic N) is 3. The maximum absolute atomic E-state index is 13.3. The Morgan fingerprint density at radius 1 is 1.20 bits per heavy atom. The van der Waals surface area contributed by atoms with Gasteiger partial charge in [0.1, 0.15) is 17.7 Å². The third kappa shape index (κ3) is 3.78. The lowest BCUT2D eigenvalue weighted by molar-refractivity contribution is 0.628. The SMILES string of the molecule is C[S+](O)c1ccc(-c2cnc3ccc(/C(=C/C#N)C(=N)c4ccc(F)cc4)cn23)s1. The molecule has 2 N–H and O–H groups in total. The van der Waals surface area contributed by atoms with Gasteiger partial charge in [0, 0.05) is 35.0 Å². The van der Waals surface area contributed by atoms with Crippen LogP contribution in [0.15, 0.2) is 71.2 Å². The van der Waals surface area contributed by atoms with Crippen molar-refractivity contribution >= 4 is 39.4 Å². The number of hydrogen-bond donors (Lipinski definition) is 2. The number of allylic oxidation sites excluding steroid dienone is 2. The third-order valence-corrected chi connectivity index (χ3v) is 7.15. The summed E-state index contributed by atoms with van der Waals surface area (Å²) in [4.78, 5) is 5.40. The number of hydrogen-bond acceptors (Lipinski definition) is 5. The van der Waals surface area contributed by atoms with Crippen LogP contribution >= 0.6 is 11.3 Å². The van der Waals surface area contributed by atoms with Gasteiger partial charge in [-0.25, -0.2) is 9.37 Å². The molecule has 8 heteroatoms. The molecule has 0 saturated carbocycles. The minimum atomic E-state index is -0.808. The fourth-order valence-corrected chi connectivity index (χ4v) is 4.84. The largest absolute Gasteiger partial charge is 0.300 e. The highest BCUT2D eigenvalue weighted by atomic mass is 32.2. The summed E-state index contributed by atoms with van der Waals surface area (Å²) in [5.74, 6) is -0.380. The molecule has 1 atom stereocenters. The van der Waals surface area contributed by atoms with Gasteiger partial charge in [0.15, 0.2) is 11.2 Å². The first-order chi connectivity index (χ1) is 14.5. The molecule has 0 aliphatic heterocycles. The van der Waals surface area contributed by atoms with Crippen LogP contribution in [-0.2, 0) is 11.2 Å². The molecule has 0 saturated heterocycles. The van der Waals surface area contributed by atoms with Crippen molar-refractivity contribution in [2.45, 2.75) is 4.21 Å². The van der Waals surface area contributed by atoms with Crippen molar-refractivity contribution in [3.05, 3.63) is 83.9 Å². The molecule has 4 aromatic rings. The van der Waals surface area contributed by atoms with Crippen LogP contribution in [0.3, 0.4) is 0 Å². The molecule has 3 aromatic heterocycles. The van der Waals surface area contributed by atoms with E-state index in [2.05, 4.69) is 4.98 Å². The second-order valence-electron chi connectivity index (χ2n) is 6.46. The van der Waals surface area contributed by atoms with Gasteiger partial charge in [0.2, 0.25) is 4.21 Å². The summed E-state index contributed by atoms with van der Waals surface area (Å²) in [7, 11) is 0. The van der Waals surface area contributed by atoms with E-state index in [1.165, 1.54) is 41.7 Å². The molecule has 0 fully saturated rings. The van der Waals surface area contributed by atoms with Gasteiger partial charge >= 0.3 is 0 Å². The van der Waals surface area contributed by atoms with Gasteiger partial charge in [0.05, 0.1) is 28.5 Å². The van der Waals surface area contributed by atoms with Crippen LogP contribution < -0.4 is 0 Å². The molecule has 30 heavy (non-hydrogen) atoms. The Morgan fingerprint density at radius 3 is 2.60 bits per heavy atom. The van der Waals surface area contributed by atoms with E-state index in [1.54, 1.807) is 12.5 Å². The number of thiophene rings is 1. The standard InChI is InChI=1S/C22H16FN4OS2/c1-30(28)21-9-7-19(29-21)18-12-26-20-8-4-15(13-27(18)20)17(10-11-24)22(25)14-2-5-16(23)6-3-14/h2-10,12-13,25,28H,1H3/q+1/b17-10-,25-22?. The number of pyridine rings is 1. The smallest absolute Gasteiger partial charge is 0.243 e. The molecule has 0 amide bonds. The Hall–Kier alpha value is -3.25. The highest BCUT2D eigenvalue weighted by molar-refractivity contribution is 7.92. The Labute approximate surface area is 179 Å². The van der Waals surface area contributed by atoms with Crippen LogP contribution in [0, 0.1) is 22.6 Å². The Bertz CT molecular complexity index is 1310. The number of benzene rings is 1. The van der Waals surface area contributed by atoms with Gasteiger partial charge in [-0.3, -0.25) is 9.81 Å². The molecule has 3 heterocycles. The molecule has 5 nitrogen and oxygen atoms in total. The molecular formula is C22H16FN4OS2+. The van der Waals surface area contributed by atoms with E-state index < -0.39 is 11.2 Å². The Balaban J connectivity index is 1.79. The predicted molar refractivity (Wildman–Crippen MR) is 120 cm³/mol. The van der Waals surface area contributed by atoms with Crippen molar-refractivity contribution in [1.29, 1.82) is 10.7 Å². The number of fused-ring (bicyclic) bond motifs is 1. The van der Waals surface area contributed by atoms with Crippen LogP contribution in [0.4, 0.5) is 4.39 Å². The molecule has 1 unspecified atom stereocenters. The van der Waals surface area contributed by atoms with Crippen LogP contribution in [0.2, 0.25) is 0 Å². The first kappa shape index (κ1) is 20.0. The number of rotatable bonds is 5. The van der Waals surface area contributed by atoms with E-state index in [4.69, 9.17) is 5.41 Å². The lowest BCUT2D eigenvalue weighted by Crippen LogP contribution is -2.04. The van der Waals surface area contributed by atoms with Crippen molar-refractivity contribution in [2.75, 3.05) is 6.26 Å². The average Bonchev–Trinajstić information content (AvgIpc) is 3.38.